The SMILES string of the molecule is Cc1cc(C)c2c(c1)C=C(CN(CCO[C@@H]1O[C@H](C(=O)O)[C@@H](O)[C@H](O)[C@H]1O)C(=O)Nc1ccccc1C(C)C)C(=O)C2. The fraction of sp³-hybridized carbons (Fsp3) is 0.452. The fourth-order valence-corrected chi connectivity index (χ4v) is 5.31. The van der Waals surface area contributed by atoms with Crippen molar-refractivity contribution in [1.29, 1.82) is 0 Å². The first-order valence-corrected chi connectivity index (χ1v) is 13.9. The summed E-state index contributed by atoms with van der Waals surface area (Å²) in [6.07, 6.45) is -6.74. The Morgan fingerprint density at radius 1 is 1.10 bits per heavy atom. The van der Waals surface area contributed by atoms with Crippen molar-refractivity contribution in [2.45, 2.75) is 70.7 Å². The number of carbonyl (C=O) groups is 3. The highest BCUT2D eigenvalue weighted by molar-refractivity contribution is 6.05. The third-order valence-electron chi connectivity index (χ3n) is 7.61. The van der Waals surface area contributed by atoms with E-state index in [4.69, 9.17) is 9.47 Å². The number of fused-ring (bicyclic) bond motifs is 1. The summed E-state index contributed by atoms with van der Waals surface area (Å²) in [7, 11) is 0. The molecular weight excluding hydrogens is 544 g/mol. The molecule has 1 aliphatic carbocycles. The van der Waals surface area contributed by atoms with E-state index in [2.05, 4.69) is 5.32 Å². The molecule has 1 fully saturated rings. The Bertz CT molecular complexity index is 1370. The maximum Gasteiger partial charge on any atom is 0.335 e. The van der Waals surface area contributed by atoms with Gasteiger partial charge in [-0.3, -0.25) is 4.79 Å². The van der Waals surface area contributed by atoms with Crippen LogP contribution < -0.4 is 5.32 Å². The molecule has 1 aliphatic heterocycles. The molecule has 226 valence electrons. The molecule has 0 unspecified atom stereocenters. The highest BCUT2D eigenvalue weighted by Gasteiger charge is 2.47. The minimum absolute atomic E-state index is 0.0303. The number of urea groups is 1. The zero-order chi connectivity index (χ0) is 30.7. The topological polar surface area (TPSA) is 166 Å². The van der Waals surface area contributed by atoms with Crippen molar-refractivity contribution in [1.82, 2.24) is 4.90 Å². The Balaban J connectivity index is 1.55. The first-order valence-electron chi connectivity index (χ1n) is 13.9. The highest BCUT2D eigenvalue weighted by Crippen LogP contribution is 2.28. The first kappa shape index (κ1) is 31.3. The predicted octanol–water partition coefficient (Wildman–Crippen LogP) is 2.38. The number of ether oxygens (including phenoxy) is 2. The monoisotopic (exact) mass is 582 g/mol. The van der Waals surface area contributed by atoms with Gasteiger partial charge in [-0.25, -0.2) is 9.59 Å². The number of hydrogen-bond donors (Lipinski definition) is 5. The Kier molecular flexibility index (Phi) is 9.80. The number of carboxylic acid groups (broad SMARTS) is 1. The Morgan fingerprint density at radius 3 is 2.50 bits per heavy atom. The number of aliphatic hydroxyl groups excluding tert-OH is 3. The maximum absolute atomic E-state index is 13.6. The average Bonchev–Trinajstić information content (AvgIpc) is 2.93. The lowest BCUT2D eigenvalue weighted by molar-refractivity contribution is -0.294. The van der Waals surface area contributed by atoms with Crippen LogP contribution in [0.25, 0.3) is 6.08 Å². The summed E-state index contributed by atoms with van der Waals surface area (Å²) in [6, 6.07) is 10.9. The van der Waals surface area contributed by atoms with Crippen molar-refractivity contribution in [2.24, 2.45) is 0 Å². The van der Waals surface area contributed by atoms with Gasteiger partial charge in [-0.2, -0.15) is 0 Å². The molecule has 0 radical (unpaired) electrons. The smallest absolute Gasteiger partial charge is 0.335 e. The van der Waals surface area contributed by atoms with Crippen LogP contribution in [0.3, 0.4) is 0 Å². The largest absolute Gasteiger partial charge is 0.479 e. The molecule has 0 aromatic heterocycles. The molecule has 2 aromatic rings. The number of ketones is 1. The molecule has 42 heavy (non-hydrogen) atoms. The fourth-order valence-electron chi connectivity index (χ4n) is 5.31. The van der Waals surface area contributed by atoms with E-state index in [0.717, 1.165) is 27.8 Å². The number of nitrogens with zero attached hydrogens (tertiary/aromatic N) is 1. The lowest BCUT2D eigenvalue weighted by atomic mass is 9.87. The van der Waals surface area contributed by atoms with Crippen molar-refractivity contribution in [2.75, 3.05) is 25.0 Å². The number of carbonyl (C=O) groups excluding carboxylic acids is 2. The number of rotatable bonds is 9. The summed E-state index contributed by atoms with van der Waals surface area (Å²) in [5.74, 6) is -1.50. The zero-order valence-electron chi connectivity index (χ0n) is 24.1. The number of amides is 2. The van der Waals surface area contributed by atoms with Gasteiger partial charge in [0.2, 0.25) is 0 Å². The van der Waals surface area contributed by atoms with Crippen LogP contribution in [0.2, 0.25) is 0 Å². The van der Waals surface area contributed by atoms with Crippen LogP contribution in [0.15, 0.2) is 42.0 Å². The molecule has 5 N–H and O–H groups in total. The van der Waals surface area contributed by atoms with Gasteiger partial charge < -0.3 is 40.1 Å². The number of carboxylic acids is 1. The standard InChI is InChI=1S/C31H38N2O9/c1-16(2)21-7-5-6-8-23(21)32-31(40)33(9-10-41-30-27(37)25(35)26(36)28(42-30)29(38)39)15-20-13-19-12-17(3)11-18(4)22(19)14-24(20)34/h5-8,11-13,16,25-28,30,35-37H,9-10,14-15H2,1-4H3,(H,32,40)(H,38,39)/t25-,26-,27+,28-,30+/m0/s1. The molecule has 2 aromatic carbocycles. The van der Waals surface area contributed by atoms with Crippen molar-refractivity contribution in [3.05, 3.63) is 69.8 Å². The van der Waals surface area contributed by atoms with Crippen molar-refractivity contribution < 1.29 is 44.3 Å². The lowest BCUT2D eigenvalue weighted by Gasteiger charge is -2.38. The van der Waals surface area contributed by atoms with Gasteiger partial charge in [0.1, 0.15) is 18.3 Å². The maximum atomic E-state index is 13.6. The summed E-state index contributed by atoms with van der Waals surface area (Å²) in [4.78, 5) is 39.6. The molecule has 11 nitrogen and oxygen atoms in total. The number of benzene rings is 2. The lowest BCUT2D eigenvalue weighted by Crippen LogP contribution is -2.60. The number of aryl methyl sites for hydroxylation is 2. The molecule has 11 heteroatoms. The van der Waals surface area contributed by atoms with Gasteiger partial charge in [0, 0.05) is 24.2 Å². The van der Waals surface area contributed by atoms with Crippen molar-refractivity contribution in [3.8, 4) is 0 Å². The average molecular weight is 583 g/mol. The van der Waals surface area contributed by atoms with Crippen LogP contribution in [0.1, 0.15) is 47.6 Å². The van der Waals surface area contributed by atoms with Crippen molar-refractivity contribution >= 4 is 29.5 Å². The summed E-state index contributed by atoms with van der Waals surface area (Å²) in [5, 5.41) is 42.5. The van der Waals surface area contributed by atoms with E-state index in [1.165, 1.54) is 4.90 Å². The summed E-state index contributed by atoms with van der Waals surface area (Å²) >= 11 is 0. The van der Waals surface area contributed by atoms with Gasteiger partial charge in [0.15, 0.2) is 18.2 Å². The minimum atomic E-state index is -1.85. The van der Waals surface area contributed by atoms with Gasteiger partial charge in [0.25, 0.3) is 0 Å². The minimum Gasteiger partial charge on any atom is -0.479 e. The Morgan fingerprint density at radius 2 is 1.81 bits per heavy atom. The van der Waals surface area contributed by atoms with Crippen molar-refractivity contribution in [3.63, 3.8) is 0 Å². The van der Waals surface area contributed by atoms with Crippen LogP contribution in [0.4, 0.5) is 10.5 Å². The molecule has 4 rings (SSSR count). The van der Waals surface area contributed by atoms with E-state index in [1.807, 2.05) is 58.0 Å². The molecule has 2 amide bonds. The number of Topliss-reactive ketones (excluding diaryl/α,β-unsaturated/α-hetero) is 1. The molecule has 1 saturated heterocycles. The quantitative estimate of drug-likeness (QED) is 0.298. The van der Waals surface area contributed by atoms with Crippen LogP contribution in [-0.2, 0) is 25.5 Å². The van der Waals surface area contributed by atoms with E-state index >= 15 is 0 Å². The molecule has 1 heterocycles. The second-order valence-corrected chi connectivity index (χ2v) is 11.1. The molecule has 0 saturated carbocycles. The summed E-state index contributed by atoms with van der Waals surface area (Å²) in [6.45, 7) is 7.64. The number of aliphatic hydroxyl groups is 3. The third kappa shape index (κ3) is 6.88. The number of anilines is 1. The van der Waals surface area contributed by atoms with Crippen LogP contribution >= 0.6 is 0 Å². The number of para-hydroxylation sites is 1. The van der Waals surface area contributed by atoms with E-state index in [-0.39, 0.29) is 37.8 Å². The molecule has 5 atom stereocenters. The number of aliphatic carboxylic acids is 1. The van der Waals surface area contributed by atoms with Gasteiger partial charge in [-0.05, 0) is 54.2 Å². The number of hydrogen-bond acceptors (Lipinski definition) is 8. The third-order valence-corrected chi connectivity index (χ3v) is 7.61. The summed E-state index contributed by atoms with van der Waals surface area (Å²) < 4.78 is 10.7. The normalized spacial score (nSPS) is 23.8. The highest BCUT2D eigenvalue weighted by atomic mass is 16.7. The van der Waals surface area contributed by atoms with Crippen LogP contribution in [0.5, 0.6) is 0 Å². The van der Waals surface area contributed by atoms with E-state index < -0.39 is 42.7 Å². The molecule has 0 bridgehead atoms. The molecule has 2 aliphatic rings. The van der Waals surface area contributed by atoms with E-state index in [1.54, 1.807) is 12.1 Å². The van der Waals surface area contributed by atoms with Crippen LogP contribution in [0, 0.1) is 13.8 Å². The Hall–Kier alpha value is -3.61. The number of nitrogens with one attached hydrogen (secondary N) is 1. The van der Waals surface area contributed by atoms with Gasteiger partial charge in [-0.1, -0.05) is 49.7 Å². The molecular formula is C31H38N2O9. The summed E-state index contributed by atoms with van der Waals surface area (Å²) in [5.41, 5.74) is 5.96. The Labute approximate surface area is 244 Å². The second-order valence-electron chi connectivity index (χ2n) is 11.1. The predicted molar refractivity (Wildman–Crippen MR) is 154 cm³/mol. The zero-order valence-corrected chi connectivity index (χ0v) is 24.1. The molecule has 0 spiro atoms. The van der Waals surface area contributed by atoms with Crippen LogP contribution in [-0.4, -0.2) is 93.5 Å². The van der Waals surface area contributed by atoms with E-state index in [0.29, 0.717) is 11.3 Å². The second kappa shape index (κ2) is 13.1. The van der Waals surface area contributed by atoms with Gasteiger partial charge in [-0.15, -0.1) is 0 Å². The van der Waals surface area contributed by atoms with Gasteiger partial charge in [0.05, 0.1) is 13.2 Å². The first-order chi connectivity index (χ1) is 19.9. The van der Waals surface area contributed by atoms with Gasteiger partial charge >= 0.3 is 12.0 Å². The van der Waals surface area contributed by atoms with E-state index in [9.17, 15) is 34.8 Å².